The van der Waals surface area contributed by atoms with E-state index in [1.54, 1.807) is 12.1 Å². The Morgan fingerprint density at radius 2 is 2.00 bits per heavy atom. The summed E-state index contributed by atoms with van der Waals surface area (Å²) in [5.41, 5.74) is 6.96. The summed E-state index contributed by atoms with van der Waals surface area (Å²) < 4.78 is 0. The van der Waals surface area contributed by atoms with Gasteiger partial charge in [0.1, 0.15) is 0 Å². The van der Waals surface area contributed by atoms with Crippen LogP contribution in [0.15, 0.2) is 24.3 Å². The van der Waals surface area contributed by atoms with E-state index in [0.29, 0.717) is 11.3 Å². The largest absolute Gasteiger partial charge is 0.398 e. The highest BCUT2D eigenvalue weighted by atomic mass is 16.2. The molecule has 0 saturated carbocycles. The summed E-state index contributed by atoms with van der Waals surface area (Å²) in [6.45, 7) is 6.88. The number of rotatable bonds is 4. The number of carbonyl (C=O) groups excluding carboxylic acids is 1. The molecule has 0 radical (unpaired) electrons. The number of nitrogens with zero attached hydrogens (tertiary/aromatic N) is 1. The quantitative estimate of drug-likeness (QED) is 0.792. The van der Waals surface area contributed by atoms with E-state index in [9.17, 15) is 4.79 Å². The van der Waals surface area contributed by atoms with Gasteiger partial charge in [-0.3, -0.25) is 4.79 Å². The molecular weight excluding hydrogens is 200 g/mol. The molecule has 0 bridgehead atoms. The Labute approximate surface area is 97.2 Å². The molecule has 3 heteroatoms. The second kappa shape index (κ2) is 5.54. The lowest BCUT2D eigenvalue weighted by Gasteiger charge is -2.26. The highest BCUT2D eigenvalue weighted by molar-refractivity contribution is 5.99. The normalized spacial score (nSPS) is 10.5. The summed E-state index contributed by atoms with van der Waals surface area (Å²) in [4.78, 5) is 14.1. The van der Waals surface area contributed by atoms with Crippen LogP contribution >= 0.6 is 0 Å². The first-order valence-corrected chi connectivity index (χ1v) is 5.73. The van der Waals surface area contributed by atoms with Crippen molar-refractivity contribution in [1.82, 2.24) is 4.90 Å². The van der Waals surface area contributed by atoms with Gasteiger partial charge in [0.15, 0.2) is 0 Å². The number of hydrogen-bond donors (Lipinski definition) is 1. The fourth-order valence-corrected chi connectivity index (χ4v) is 1.68. The van der Waals surface area contributed by atoms with Crippen LogP contribution in [-0.4, -0.2) is 23.4 Å². The van der Waals surface area contributed by atoms with Crippen molar-refractivity contribution in [2.24, 2.45) is 0 Å². The lowest BCUT2D eigenvalue weighted by Crippen LogP contribution is -2.37. The Balaban J connectivity index is 2.95. The molecule has 16 heavy (non-hydrogen) atoms. The van der Waals surface area contributed by atoms with E-state index in [0.717, 1.165) is 13.0 Å². The van der Waals surface area contributed by atoms with Gasteiger partial charge in [0.05, 0.1) is 5.56 Å². The second-order valence-corrected chi connectivity index (χ2v) is 4.18. The van der Waals surface area contributed by atoms with Gasteiger partial charge in [-0.15, -0.1) is 0 Å². The van der Waals surface area contributed by atoms with Gasteiger partial charge in [0.2, 0.25) is 0 Å². The third-order valence-corrected chi connectivity index (χ3v) is 2.54. The first-order valence-electron chi connectivity index (χ1n) is 5.73. The van der Waals surface area contributed by atoms with Gasteiger partial charge < -0.3 is 10.6 Å². The SMILES string of the molecule is CCCN(C(=O)c1ccccc1N)C(C)C. The van der Waals surface area contributed by atoms with Crippen molar-refractivity contribution in [3.05, 3.63) is 29.8 Å². The van der Waals surface area contributed by atoms with E-state index in [4.69, 9.17) is 5.73 Å². The fourth-order valence-electron chi connectivity index (χ4n) is 1.68. The maximum atomic E-state index is 12.2. The molecule has 0 heterocycles. The molecular formula is C13H20N2O. The minimum atomic E-state index is 0.0231. The van der Waals surface area contributed by atoms with Crippen LogP contribution < -0.4 is 5.73 Å². The number of anilines is 1. The zero-order chi connectivity index (χ0) is 12.1. The summed E-state index contributed by atoms with van der Waals surface area (Å²) in [5, 5.41) is 0. The molecule has 0 aliphatic rings. The molecule has 0 spiro atoms. The standard InChI is InChI=1S/C13H20N2O/c1-4-9-15(10(2)3)13(16)11-7-5-6-8-12(11)14/h5-8,10H,4,9,14H2,1-3H3. The number of amides is 1. The monoisotopic (exact) mass is 220 g/mol. The minimum Gasteiger partial charge on any atom is -0.398 e. The fraction of sp³-hybridized carbons (Fsp3) is 0.462. The number of benzene rings is 1. The highest BCUT2D eigenvalue weighted by Crippen LogP contribution is 2.15. The second-order valence-electron chi connectivity index (χ2n) is 4.18. The van der Waals surface area contributed by atoms with E-state index < -0.39 is 0 Å². The van der Waals surface area contributed by atoms with Crippen LogP contribution in [0.25, 0.3) is 0 Å². The predicted octanol–water partition coefficient (Wildman–Crippen LogP) is 2.53. The van der Waals surface area contributed by atoms with Crippen LogP contribution in [0.1, 0.15) is 37.6 Å². The smallest absolute Gasteiger partial charge is 0.256 e. The number of para-hydroxylation sites is 1. The minimum absolute atomic E-state index is 0.0231. The summed E-state index contributed by atoms with van der Waals surface area (Å²) >= 11 is 0. The van der Waals surface area contributed by atoms with Crippen molar-refractivity contribution in [3.8, 4) is 0 Å². The van der Waals surface area contributed by atoms with Crippen molar-refractivity contribution in [3.63, 3.8) is 0 Å². The average molecular weight is 220 g/mol. The van der Waals surface area contributed by atoms with Crippen LogP contribution in [0.4, 0.5) is 5.69 Å². The molecule has 0 aliphatic carbocycles. The number of hydrogen-bond acceptors (Lipinski definition) is 2. The van der Waals surface area contributed by atoms with Crippen molar-refractivity contribution in [1.29, 1.82) is 0 Å². The first kappa shape index (κ1) is 12.6. The zero-order valence-electron chi connectivity index (χ0n) is 10.2. The molecule has 3 nitrogen and oxygen atoms in total. The first-order chi connectivity index (χ1) is 7.57. The lowest BCUT2D eigenvalue weighted by atomic mass is 10.1. The summed E-state index contributed by atoms with van der Waals surface area (Å²) in [6.07, 6.45) is 0.955. The van der Waals surface area contributed by atoms with E-state index in [1.807, 2.05) is 30.9 Å². The number of nitrogens with two attached hydrogens (primary N) is 1. The van der Waals surface area contributed by atoms with E-state index in [1.165, 1.54) is 0 Å². The average Bonchev–Trinajstić information content (AvgIpc) is 2.25. The molecule has 0 unspecified atom stereocenters. The molecule has 1 aromatic rings. The highest BCUT2D eigenvalue weighted by Gasteiger charge is 2.19. The molecule has 0 atom stereocenters. The van der Waals surface area contributed by atoms with E-state index in [2.05, 4.69) is 6.92 Å². The Bertz CT molecular complexity index is 361. The van der Waals surface area contributed by atoms with Crippen LogP contribution in [-0.2, 0) is 0 Å². The molecule has 2 N–H and O–H groups in total. The van der Waals surface area contributed by atoms with Gasteiger partial charge in [-0.05, 0) is 32.4 Å². The molecule has 1 amide bonds. The summed E-state index contributed by atoms with van der Waals surface area (Å²) in [6, 6.07) is 7.42. The van der Waals surface area contributed by atoms with Gasteiger partial charge in [-0.1, -0.05) is 19.1 Å². The maximum Gasteiger partial charge on any atom is 0.256 e. The van der Waals surface area contributed by atoms with Gasteiger partial charge in [0, 0.05) is 18.3 Å². The molecule has 1 aromatic carbocycles. The van der Waals surface area contributed by atoms with Gasteiger partial charge >= 0.3 is 0 Å². The molecule has 1 rings (SSSR count). The van der Waals surface area contributed by atoms with Crippen molar-refractivity contribution in [2.75, 3.05) is 12.3 Å². The van der Waals surface area contributed by atoms with Gasteiger partial charge in [-0.2, -0.15) is 0 Å². The van der Waals surface area contributed by atoms with Crippen LogP contribution in [0, 0.1) is 0 Å². The van der Waals surface area contributed by atoms with Crippen molar-refractivity contribution in [2.45, 2.75) is 33.2 Å². The number of carbonyl (C=O) groups is 1. The molecule has 0 saturated heterocycles. The van der Waals surface area contributed by atoms with Crippen LogP contribution in [0.5, 0.6) is 0 Å². The Kier molecular flexibility index (Phi) is 4.35. The zero-order valence-corrected chi connectivity index (χ0v) is 10.2. The Morgan fingerprint density at radius 1 is 1.38 bits per heavy atom. The summed E-state index contributed by atoms with van der Waals surface area (Å²) in [7, 11) is 0. The molecule has 0 aromatic heterocycles. The lowest BCUT2D eigenvalue weighted by molar-refractivity contribution is 0.0707. The molecule has 0 fully saturated rings. The third-order valence-electron chi connectivity index (χ3n) is 2.54. The van der Waals surface area contributed by atoms with Gasteiger partial charge in [0.25, 0.3) is 5.91 Å². The number of nitrogen functional groups attached to an aromatic ring is 1. The van der Waals surface area contributed by atoms with Crippen molar-refractivity contribution >= 4 is 11.6 Å². The van der Waals surface area contributed by atoms with Crippen molar-refractivity contribution < 1.29 is 4.79 Å². The molecule has 88 valence electrons. The maximum absolute atomic E-state index is 12.2. The Hall–Kier alpha value is -1.51. The van der Waals surface area contributed by atoms with Crippen LogP contribution in [0.3, 0.4) is 0 Å². The Morgan fingerprint density at radius 3 is 2.50 bits per heavy atom. The van der Waals surface area contributed by atoms with Crippen LogP contribution in [0.2, 0.25) is 0 Å². The topological polar surface area (TPSA) is 46.3 Å². The van der Waals surface area contributed by atoms with E-state index >= 15 is 0 Å². The molecule has 0 aliphatic heterocycles. The van der Waals surface area contributed by atoms with E-state index in [-0.39, 0.29) is 11.9 Å². The van der Waals surface area contributed by atoms with Gasteiger partial charge in [-0.25, -0.2) is 0 Å². The third kappa shape index (κ3) is 2.75. The summed E-state index contributed by atoms with van der Waals surface area (Å²) in [5.74, 6) is 0.0231. The predicted molar refractivity (Wildman–Crippen MR) is 67.3 cm³/mol.